The van der Waals surface area contributed by atoms with E-state index in [1.807, 2.05) is 12.1 Å². The van der Waals surface area contributed by atoms with E-state index < -0.39 is 12.1 Å². The minimum absolute atomic E-state index is 0.0446. The van der Waals surface area contributed by atoms with Gasteiger partial charge in [0.2, 0.25) is 0 Å². The molecule has 5 nitrogen and oxygen atoms in total. The topological polar surface area (TPSA) is 60.7 Å². The normalized spacial score (nSPS) is 20.1. The van der Waals surface area contributed by atoms with E-state index in [2.05, 4.69) is 9.97 Å². The first-order chi connectivity index (χ1) is 14.4. The number of benzene rings is 1. The summed E-state index contributed by atoms with van der Waals surface area (Å²) in [5.41, 5.74) is 3.59. The van der Waals surface area contributed by atoms with Crippen molar-refractivity contribution in [2.45, 2.75) is 37.8 Å². The molecule has 0 aliphatic heterocycles. The van der Waals surface area contributed by atoms with Crippen LogP contribution in [0.4, 0.5) is 13.2 Å². The molecule has 30 heavy (non-hydrogen) atoms. The molecular formula is C21H17F3N4OS. The van der Waals surface area contributed by atoms with Crippen molar-refractivity contribution < 1.29 is 13.2 Å². The van der Waals surface area contributed by atoms with E-state index in [4.69, 9.17) is 4.98 Å². The van der Waals surface area contributed by atoms with Gasteiger partial charge in [-0.15, -0.1) is 11.3 Å². The second-order valence-electron chi connectivity index (χ2n) is 7.58. The van der Waals surface area contributed by atoms with Crippen LogP contribution in [0.5, 0.6) is 0 Å². The molecule has 0 N–H and O–H groups in total. The number of hydrogen-bond acceptors (Lipinski definition) is 5. The van der Waals surface area contributed by atoms with Gasteiger partial charge in [0, 0.05) is 12.1 Å². The summed E-state index contributed by atoms with van der Waals surface area (Å²) in [5.74, 6) is -1.01. The average molecular weight is 430 g/mol. The molecule has 4 aromatic rings. The van der Waals surface area contributed by atoms with Gasteiger partial charge in [0.05, 0.1) is 32.8 Å². The molecule has 1 saturated carbocycles. The van der Waals surface area contributed by atoms with Crippen LogP contribution in [0.3, 0.4) is 0 Å². The molecule has 1 fully saturated rings. The zero-order valence-corrected chi connectivity index (χ0v) is 16.6. The largest absolute Gasteiger partial charge is 0.391 e. The maximum Gasteiger partial charge on any atom is 0.391 e. The first kappa shape index (κ1) is 19.2. The second-order valence-corrected chi connectivity index (χ2v) is 8.46. The molecule has 0 atom stereocenters. The van der Waals surface area contributed by atoms with Crippen LogP contribution in [-0.2, 0) is 0 Å². The number of halogens is 3. The Hall–Kier alpha value is -2.81. The third kappa shape index (κ3) is 3.27. The summed E-state index contributed by atoms with van der Waals surface area (Å²) in [7, 11) is 0. The van der Waals surface area contributed by atoms with Gasteiger partial charge >= 0.3 is 6.18 Å². The first-order valence-electron chi connectivity index (χ1n) is 9.70. The van der Waals surface area contributed by atoms with E-state index in [1.54, 1.807) is 23.7 Å². The van der Waals surface area contributed by atoms with E-state index in [0.717, 1.165) is 10.2 Å². The average Bonchev–Trinajstić information content (AvgIpc) is 3.21. The summed E-state index contributed by atoms with van der Waals surface area (Å²) in [6.07, 6.45) is -1.87. The smallest absolute Gasteiger partial charge is 0.266 e. The molecule has 5 rings (SSSR count). The van der Waals surface area contributed by atoms with Gasteiger partial charge in [0.15, 0.2) is 5.52 Å². The summed E-state index contributed by atoms with van der Waals surface area (Å²) in [6, 6.07) is 8.92. The highest BCUT2D eigenvalue weighted by Crippen LogP contribution is 2.42. The summed E-state index contributed by atoms with van der Waals surface area (Å²) in [5, 5.41) is 0. The van der Waals surface area contributed by atoms with E-state index >= 15 is 0 Å². The lowest BCUT2D eigenvalue weighted by atomic mass is 9.81. The second kappa shape index (κ2) is 7.16. The number of aromatic nitrogens is 4. The lowest BCUT2D eigenvalue weighted by molar-refractivity contribution is -0.182. The van der Waals surface area contributed by atoms with Gasteiger partial charge in [-0.3, -0.25) is 9.36 Å². The zero-order valence-electron chi connectivity index (χ0n) is 15.8. The molecular weight excluding hydrogens is 413 g/mol. The molecule has 0 bridgehead atoms. The van der Waals surface area contributed by atoms with Gasteiger partial charge in [0.1, 0.15) is 5.82 Å². The number of nitrogens with zero attached hydrogens (tertiary/aromatic N) is 4. The molecule has 0 spiro atoms. The van der Waals surface area contributed by atoms with Gasteiger partial charge in [0.25, 0.3) is 5.56 Å². The van der Waals surface area contributed by atoms with Crippen LogP contribution < -0.4 is 5.56 Å². The zero-order chi connectivity index (χ0) is 20.9. The van der Waals surface area contributed by atoms with Crippen LogP contribution in [0.25, 0.3) is 26.9 Å². The van der Waals surface area contributed by atoms with Crippen molar-refractivity contribution in [2.24, 2.45) is 5.92 Å². The Kier molecular flexibility index (Phi) is 4.57. The molecule has 1 aliphatic carbocycles. The highest BCUT2D eigenvalue weighted by Gasteiger charge is 2.42. The van der Waals surface area contributed by atoms with Crippen molar-refractivity contribution in [1.82, 2.24) is 19.5 Å². The maximum atomic E-state index is 13.4. The predicted molar refractivity (Wildman–Crippen MR) is 109 cm³/mol. The first-order valence-corrected chi connectivity index (χ1v) is 10.6. The summed E-state index contributed by atoms with van der Waals surface area (Å²) >= 11 is 1.46. The third-order valence-electron chi connectivity index (χ3n) is 5.78. The van der Waals surface area contributed by atoms with E-state index in [0.29, 0.717) is 29.9 Å². The molecule has 1 aliphatic rings. The Morgan fingerprint density at radius 3 is 2.60 bits per heavy atom. The van der Waals surface area contributed by atoms with E-state index in [1.165, 1.54) is 22.1 Å². The van der Waals surface area contributed by atoms with Gasteiger partial charge < -0.3 is 0 Å². The van der Waals surface area contributed by atoms with Crippen molar-refractivity contribution in [3.05, 3.63) is 58.2 Å². The van der Waals surface area contributed by atoms with Crippen LogP contribution in [-0.4, -0.2) is 25.7 Å². The van der Waals surface area contributed by atoms with E-state index in [-0.39, 0.29) is 29.8 Å². The Morgan fingerprint density at radius 1 is 1.03 bits per heavy atom. The van der Waals surface area contributed by atoms with Crippen molar-refractivity contribution in [3.8, 4) is 5.69 Å². The minimum atomic E-state index is -4.18. The van der Waals surface area contributed by atoms with Crippen LogP contribution in [0.15, 0.2) is 46.8 Å². The number of pyridine rings is 1. The van der Waals surface area contributed by atoms with E-state index in [9.17, 15) is 18.0 Å². The summed E-state index contributed by atoms with van der Waals surface area (Å²) < 4.78 is 41.8. The molecule has 3 heterocycles. The molecule has 0 radical (unpaired) electrons. The minimum Gasteiger partial charge on any atom is -0.266 e. The summed E-state index contributed by atoms with van der Waals surface area (Å²) in [4.78, 5) is 26.5. The quantitative estimate of drug-likeness (QED) is 0.437. The SMILES string of the molecule is O=c1c2ncccc2nc([C@H]2CC[C@@H](C(F)(F)F)CC2)n1-c1ccc2ncsc2c1. The molecule has 3 aromatic heterocycles. The van der Waals surface area contributed by atoms with Gasteiger partial charge in [-0.1, -0.05) is 0 Å². The van der Waals surface area contributed by atoms with Gasteiger partial charge in [-0.25, -0.2) is 15.0 Å². The number of rotatable bonds is 2. The number of fused-ring (bicyclic) bond motifs is 2. The Bertz CT molecular complexity index is 1290. The molecule has 0 saturated heterocycles. The fourth-order valence-electron chi connectivity index (χ4n) is 4.22. The lowest BCUT2D eigenvalue weighted by Gasteiger charge is -2.30. The summed E-state index contributed by atoms with van der Waals surface area (Å²) in [6.45, 7) is 0. The fraction of sp³-hybridized carbons (Fsp3) is 0.333. The van der Waals surface area contributed by atoms with Crippen LogP contribution in [0, 0.1) is 5.92 Å². The highest BCUT2D eigenvalue weighted by molar-refractivity contribution is 7.16. The molecule has 1 aromatic carbocycles. The monoisotopic (exact) mass is 430 g/mol. The Labute approximate surface area is 173 Å². The van der Waals surface area contributed by atoms with Crippen molar-refractivity contribution >= 4 is 32.6 Å². The predicted octanol–water partition coefficient (Wildman–Crippen LogP) is 5.23. The highest BCUT2D eigenvalue weighted by atomic mass is 32.1. The molecule has 154 valence electrons. The van der Waals surface area contributed by atoms with Crippen molar-refractivity contribution in [3.63, 3.8) is 0 Å². The fourth-order valence-corrected chi connectivity index (χ4v) is 4.93. The third-order valence-corrected chi connectivity index (χ3v) is 6.58. The van der Waals surface area contributed by atoms with Crippen LogP contribution in [0.1, 0.15) is 37.4 Å². The number of thiazole rings is 1. The van der Waals surface area contributed by atoms with Crippen molar-refractivity contribution in [2.75, 3.05) is 0 Å². The number of hydrogen-bond donors (Lipinski definition) is 0. The lowest BCUT2D eigenvalue weighted by Crippen LogP contribution is -2.31. The van der Waals surface area contributed by atoms with Crippen molar-refractivity contribution in [1.29, 1.82) is 0 Å². The van der Waals surface area contributed by atoms with Crippen LogP contribution in [0.2, 0.25) is 0 Å². The maximum absolute atomic E-state index is 13.4. The number of alkyl halides is 3. The standard InChI is InChI=1S/C21H17F3N4OS/c22-21(23,24)13-5-3-12(4-6-13)19-27-16-2-1-9-25-18(16)20(29)28(19)14-7-8-15-17(10-14)30-11-26-15/h1-2,7-13H,3-6H2/t12-,13+. The molecule has 9 heteroatoms. The Morgan fingerprint density at radius 2 is 1.83 bits per heavy atom. The molecule has 0 unspecified atom stereocenters. The van der Waals surface area contributed by atoms with Gasteiger partial charge in [-0.05, 0) is 56.0 Å². The van der Waals surface area contributed by atoms with Crippen LogP contribution >= 0.6 is 11.3 Å². The molecule has 0 amide bonds. The Balaban J connectivity index is 1.65. The van der Waals surface area contributed by atoms with Gasteiger partial charge in [-0.2, -0.15) is 13.2 Å².